The topological polar surface area (TPSA) is 69.9 Å². The van der Waals surface area contributed by atoms with E-state index in [9.17, 15) is 0 Å². The van der Waals surface area contributed by atoms with Gasteiger partial charge in [0.2, 0.25) is 5.95 Å². The second-order valence-electron chi connectivity index (χ2n) is 14.4. The largest absolute Gasteiger partial charge is 0.456 e. The highest BCUT2D eigenvalue weighted by Crippen LogP contribution is 2.41. The zero-order valence-electron chi connectivity index (χ0n) is 30.4. The number of hydrogen-bond acceptors (Lipinski definition) is 5. The smallest absolute Gasteiger partial charge is 0.238 e. The number of aromatic nitrogens is 4. The molecule has 0 aliphatic heterocycles. The maximum Gasteiger partial charge on any atom is 0.238 e. The standard InChI is InChI=1S/C51H30N4O2/c1-2-12-32(13-3-1)49-52-50(54-51(53-49)55-43-21-7-4-14-37(43)38-15-5-8-22-44(38)55)33-26-24-31(25-27-33)35-17-10-19-41-42-20-11-18-36(48(42)57-47(35)41)34-28-29-40-39-16-6-9-23-45(39)56-46(40)30-34/h1-30H. The average Bonchev–Trinajstić information content (AvgIpc) is 3.96. The van der Waals surface area contributed by atoms with Crippen molar-refractivity contribution in [2.45, 2.75) is 0 Å². The van der Waals surface area contributed by atoms with E-state index in [2.05, 4.69) is 138 Å². The molecular weight excluding hydrogens is 701 g/mol. The van der Waals surface area contributed by atoms with Crippen molar-refractivity contribution in [3.05, 3.63) is 182 Å². The van der Waals surface area contributed by atoms with Gasteiger partial charge < -0.3 is 8.83 Å². The van der Waals surface area contributed by atoms with E-state index >= 15 is 0 Å². The van der Waals surface area contributed by atoms with E-state index in [1.54, 1.807) is 0 Å². The van der Waals surface area contributed by atoms with E-state index in [1.165, 1.54) is 0 Å². The minimum absolute atomic E-state index is 0.572. The predicted molar refractivity (Wildman–Crippen MR) is 230 cm³/mol. The molecule has 0 aliphatic carbocycles. The molecule has 4 heterocycles. The van der Waals surface area contributed by atoms with Crippen LogP contribution in [0.5, 0.6) is 0 Å². The number of furan rings is 2. The van der Waals surface area contributed by atoms with Gasteiger partial charge in [-0.2, -0.15) is 9.97 Å². The van der Waals surface area contributed by atoms with Gasteiger partial charge in [0.1, 0.15) is 22.3 Å². The lowest BCUT2D eigenvalue weighted by Crippen LogP contribution is -2.06. The minimum atomic E-state index is 0.572. The van der Waals surface area contributed by atoms with Crippen LogP contribution in [-0.2, 0) is 0 Å². The van der Waals surface area contributed by atoms with E-state index in [-0.39, 0.29) is 0 Å². The van der Waals surface area contributed by atoms with Crippen molar-refractivity contribution in [2.24, 2.45) is 0 Å². The molecule has 0 saturated carbocycles. The molecule has 57 heavy (non-hydrogen) atoms. The fourth-order valence-electron chi connectivity index (χ4n) is 8.42. The molecule has 12 rings (SSSR count). The summed E-state index contributed by atoms with van der Waals surface area (Å²) in [6.07, 6.45) is 0. The Bertz CT molecular complexity index is 3470. The lowest BCUT2D eigenvalue weighted by molar-refractivity contribution is 0.668. The average molecular weight is 731 g/mol. The van der Waals surface area contributed by atoms with Crippen LogP contribution in [-0.4, -0.2) is 19.5 Å². The predicted octanol–water partition coefficient (Wildman–Crippen LogP) is 13.4. The highest BCUT2D eigenvalue weighted by molar-refractivity contribution is 6.14. The van der Waals surface area contributed by atoms with E-state index < -0.39 is 0 Å². The molecule has 0 radical (unpaired) electrons. The van der Waals surface area contributed by atoms with Crippen molar-refractivity contribution in [1.29, 1.82) is 0 Å². The number of benzene rings is 8. The molecule has 0 aliphatic rings. The summed E-state index contributed by atoms with van der Waals surface area (Å²) in [6.45, 7) is 0. The Morgan fingerprint density at radius 2 is 0.842 bits per heavy atom. The quantitative estimate of drug-likeness (QED) is 0.176. The molecule has 266 valence electrons. The highest BCUT2D eigenvalue weighted by atomic mass is 16.3. The van der Waals surface area contributed by atoms with Crippen LogP contribution < -0.4 is 0 Å². The van der Waals surface area contributed by atoms with Gasteiger partial charge in [0, 0.05) is 54.6 Å². The van der Waals surface area contributed by atoms with Gasteiger partial charge in [0.15, 0.2) is 11.6 Å². The molecule has 6 nitrogen and oxygen atoms in total. The number of fused-ring (bicyclic) bond motifs is 9. The third-order valence-corrected chi connectivity index (χ3v) is 11.1. The molecule has 0 saturated heterocycles. The van der Waals surface area contributed by atoms with Gasteiger partial charge in [-0.3, -0.25) is 4.57 Å². The first-order chi connectivity index (χ1) is 28.2. The highest BCUT2D eigenvalue weighted by Gasteiger charge is 2.19. The molecule has 12 aromatic rings. The number of rotatable bonds is 5. The zero-order valence-corrected chi connectivity index (χ0v) is 30.4. The molecule has 4 aromatic heterocycles. The molecular formula is C51H30N4O2. The Kier molecular flexibility index (Phi) is 6.83. The maximum absolute atomic E-state index is 6.84. The van der Waals surface area contributed by atoms with Crippen molar-refractivity contribution in [3.8, 4) is 51.0 Å². The Hall–Kier alpha value is -7.83. The summed E-state index contributed by atoms with van der Waals surface area (Å²) in [6, 6.07) is 62.6. The molecule has 0 spiro atoms. The summed E-state index contributed by atoms with van der Waals surface area (Å²) in [5, 5.41) is 6.67. The van der Waals surface area contributed by atoms with Crippen LogP contribution in [0.4, 0.5) is 0 Å². The van der Waals surface area contributed by atoms with Gasteiger partial charge in [-0.15, -0.1) is 0 Å². The summed E-state index contributed by atoms with van der Waals surface area (Å²) in [5.41, 5.74) is 11.5. The molecule has 0 amide bonds. The Morgan fingerprint density at radius 3 is 1.53 bits per heavy atom. The summed E-state index contributed by atoms with van der Waals surface area (Å²) in [5.74, 6) is 1.78. The van der Waals surface area contributed by atoms with Crippen LogP contribution in [0.2, 0.25) is 0 Å². The number of para-hydroxylation sites is 5. The summed E-state index contributed by atoms with van der Waals surface area (Å²) >= 11 is 0. The minimum Gasteiger partial charge on any atom is -0.456 e. The first-order valence-corrected chi connectivity index (χ1v) is 19.0. The molecule has 8 aromatic carbocycles. The lowest BCUT2D eigenvalue weighted by atomic mass is 9.99. The number of nitrogens with zero attached hydrogens (tertiary/aromatic N) is 4. The Morgan fingerprint density at radius 1 is 0.333 bits per heavy atom. The third-order valence-electron chi connectivity index (χ3n) is 11.1. The van der Waals surface area contributed by atoms with Crippen LogP contribution >= 0.6 is 0 Å². The maximum atomic E-state index is 6.84. The molecule has 6 heteroatoms. The van der Waals surface area contributed by atoms with Crippen LogP contribution in [0.25, 0.3) is 117 Å². The fourth-order valence-corrected chi connectivity index (χ4v) is 8.42. The van der Waals surface area contributed by atoms with Crippen molar-refractivity contribution in [2.75, 3.05) is 0 Å². The van der Waals surface area contributed by atoms with E-state index in [4.69, 9.17) is 23.8 Å². The Labute approximate surface area is 325 Å². The lowest BCUT2D eigenvalue weighted by Gasteiger charge is -2.11. The molecule has 0 atom stereocenters. The van der Waals surface area contributed by atoms with Gasteiger partial charge in [0.05, 0.1) is 11.0 Å². The summed E-state index contributed by atoms with van der Waals surface area (Å²) in [7, 11) is 0. The molecule has 0 bridgehead atoms. The van der Waals surface area contributed by atoms with Crippen LogP contribution in [0.1, 0.15) is 0 Å². The van der Waals surface area contributed by atoms with E-state index in [0.717, 1.165) is 99.1 Å². The van der Waals surface area contributed by atoms with Gasteiger partial charge in [-0.1, -0.05) is 152 Å². The summed E-state index contributed by atoms with van der Waals surface area (Å²) in [4.78, 5) is 15.2. The van der Waals surface area contributed by atoms with Gasteiger partial charge in [-0.25, -0.2) is 4.98 Å². The molecule has 0 unspecified atom stereocenters. The van der Waals surface area contributed by atoms with Crippen molar-refractivity contribution in [1.82, 2.24) is 19.5 Å². The SMILES string of the molecule is c1ccc(-c2nc(-c3ccc(-c4cccc5c4oc4c(-c6ccc7c(c6)oc6ccccc67)cccc45)cc3)nc(-n3c4ccccc4c4ccccc43)n2)cc1. The van der Waals surface area contributed by atoms with Crippen molar-refractivity contribution in [3.63, 3.8) is 0 Å². The first-order valence-electron chi connectivity index (χ1n) is 19.0. The normalized spacial score (nSPS) is 11.9. The monoisotopic (exact) mass is 730 g/mol. The van der Waals surface area contributed by atoms with Gasteiger partial charge in [0.25, 0.3) is 0 Å². The van der Waals surface area contributed by atoms with Crippen LogP contribution in [0, 0.1) is 0 Å². The van der Waals surface area contributed by atoms with Crippen molar-refractivity contribution < 1.29 is 8.83 Å². The summed E-state index contributed by atoms with van der Waals surface area (Å²) < 4.78 is 15.2. The number of hydrogen-bond donors (Lipinski definition) is 0. The second kappa shape index (κ2) is 12.3. The second-order valence-corrected chi connectivity index (χ2v) is 14.4. The van der Waals surface area contributed by atoms with E-state index in [1.807, 2.05) is 48.5 Å². The van der Waals surface area contributed by atoms with E-state index in [0.29, 0.717) is 17.6 Å². The zero-order chi connectivity index (χ0) is 37.5. The van der Waals surface area contributed by atoms with Gasteiger partial charge >= 0.3 is 0 Å². The Balaban J connectivity index is 0.973. The van der Waals surface area contributed by atoms with Gasteiger partial charge in [-0.05, 0) is 41.5 Å². The first kappa shape index (κ1) is 31.5. The molecule has 0 fully saturated rings. The van der Waals surface area contributed by atoms with Crippen LogP contribution in [0.3, 0.4) is 0 Å². The van der Waals surface area contributed by atoms with Crippen molar-refractivity contribution >= 4 is 65.7 Å². The third kappa shape index (κ3) is 4.94. The fraction of sp³-hybridized carbons (Fsp3) is 0. The molecule has 0 N–H and O–H groups in total. The van der Waals surface area contributed by atoms with Crippen LogP contribution in [0.15, 0.2) is 191 Å².